The van der Waals surface area contributed by atoms with Crippen molar-refractivity contribution in [1.82, 2.24) is 19.6 Å². The van der Waals surface area contributed by atoms with E-state index in [1.807, 2.05) is 25.3 Å². The van der Waals surface area contributed by atoms with Crippen molar-refractivity contribution in [2.45, 2.75) is 32.6 Å². The predicted octanol–water partition coefficient (Wildman–Crippen LogP) is 3.94. The quantitative estimate of drug-likeness (QED) is 0.321. The van der Waals surface area contributed by atoms with Crippen LogP contribution in [0.2, 0.25) is 0 Å². The van der Waals surface area contributed by atoms with Crippen molar-refractivity contribution in [2.24, 2.45) is 4.99 Å². The van der Waals surface area contributed by atoms with E-state index in [-0.39, 0.29) is 42.0 Å². The lowest BCUT2D eigenvalue weighted by atomic mass is 10.1. The fourth-order valence-corrected chi connectivity index (χ4v) is 3.77. The summed E-state index contributed by atoms with van der Waals surface area (Å²) in [7, 11) is 1.78. The number of nitrogens with one attached hydrogen (secondary N) is 1. The number of morpholine rings is 1. The number of hydrogen-bond donors (Lipinski definition) is 1. The minimum Gasteiger partial charge on any atom is -0.367 e. The van der Waals surface area contributed by atoms with Crippen molar-refractivity contribution in [3.05, 3.63) is 71.4 Å². The fraction of sp³-hybridized carbons (Fsp3) is 0.364. The summed E-state index contributed by atoms with van der Waals surface area (Å²) in [5.74, 6) is 0.565. The van der Waals surface area contributed by atoms with Crippen LogP contribution in [0.15, 0.2) is 53.7 Å². The van der Waals surface area contributed by atoms with Gasteiger partial charge in [-0.25, -0.2) is 9.37 Å². The highest BCUT2D eigenvalue weighted by atomic mass is 127. The molecule has 1 N–H and O–H groups in total. The molecule has 6 nitrogen and oxygen atoms in total. The Morgan fingerprint density at radius 3 is 2.70 bits per heavy atom. The number of aliphatic imine (C=N–C) groups is 1. The second-order valence-corrected chi connectivity index (χ2v) is 7.42. The summed E-state index contributed by atoms with van der Waals surface area (Å²) < 4.78 is 21.4. The number of fused-ring (bicyclic) bond motifs is 1. The van der Waals surface area contributed by atoms with Gasteiger partial charge in [-0.1, -0.05) is 18.2 Å². The number of pyridine rings is 1. The number of benzene rings is 1. The molecule has 1 aliphatic heterocycles. The largest absolute Gasteiger partial charge is 0.367 e. The van der Waals surface area contributed by atoms with Gasteiger partial charge in [0.05, 0.1) is 24.9 Å². The molecule has 3 aromatic rings. The molecule has 0 radical (unpaired) electrons. The molecule has 8 heteroatoms. The molecule has 2 aromatic heterocycles. The summed E-state index contributed by atoms with van der Waals surface area (Å²) in [5, 5.41) is 3.42. The zero-order valence-corrected chi connectivity index (χ0v) is 19.7. The Bertz CT molecular complexity index is 1020. The van der Waals surface area contributed by atoms with Crippen molar-refractivity contribution < 1.29 is 9.13 Å². The van der Waals surface area contributed by atoms with Crippen molar-refractivity contribution in [3.8, 4) is 0 Å². The van der Waals surface area contributed by atoms with Gasteiger partial charge in [-0.2, -0.15) is 0 Å². The van der Waals surface area contributed by atoms with Gasteiger partial charge >= 0.3 is 0 Å². The molecule has 0 bridgehead atoms. The number of aromatic nitrogens is 2. The van der Waals surface area contributed by atoms with E-state index in [4.69, 9.17) is 4.74 Å². The molecule has 30 heavy (non-hydrogen) atoms. The highest BCUT2D eigenvalue weighted by Gasteiger charge is 2.28. The summed E-state index contributed by atoms with van der Waals surface area (Å²) in [6.45, 7) is 6.08. The van der Waals surface area contributed by atoms with Gasteiger partial charge in [0.1, 0.15) is 17.6 Å². The second-order valence-electron chi connectivity index (χ2n) is 7.42. The van der Waals surface area contributed by atoms with Crippen LogP contribution in [0.3, 0.4) is 0 Å². The van der Waals surface area contributed by atoms with E-state index >= 15 is 0 Å². The van der Waals surface area contributed by atoms with Crippen molar-refractivity contribution in [2.75, 3.05) is 20.1 Å². The minimum absolute atomic E-state index is 0. The van der Waals surface area contributed by atoms with Gasteiger partial charge in [0, 0.05) is 25.5 Å². The lowest BCUT2D eigenvalue weighted by molar-refractivity contribution is -0.0605. The standard InChI is InChI=1S/C22H26FN5O.HI/c1-15-5-4-6-21-26-19(13-28(15)21)11-25-22(24-3)27-12-16(2)29-20(14-27)17-7-9-18(23)10-8-17;/h4-10,13,16,20H,11-12,14H2,1-3H3,(H,24,25);1H. The molecule has 0 amide bonds. The summed E-state index contributed by atoms with van der Waals surface area (Å²) in [4.78, 5) is 11.3. The molecular weight excluding hydrogens is 496 g/mol. The summed E-state index contributed by atoms with van der Waals surface area (Å²) in [6, 6.07) is 12.6. The van der Waals surface area contributed by atoms with Gasteiger partial charge in [-0.3, -0.25) is 4.99 Å². The van der Waals surface area contributed by atoms with Crippen LogP contribution >= 0.6 is 24.0 Å². The van der Waals surface area contributed by atoms with Gasteiger partial charge in [0.25, 0.3) is 0 Å². The van der Waals surface area contributed by atoms with Crippen LogP contribution in [0.5, 0.6) is 0 Å². The molecule has 0 spiro atoms. The average molecular weight is 523 g/mol. The molecule has 1 aromatic carbocycles. The summed E-state index contributed by atoms with van der Waals surface area (Å²) >= 11 is 0. The lowest BCUT2D eigenvalue weighted by Gasteiger charge is -2.38. The Labute approximate surface area is 193 Å². The first kappa shape index (κ1) is 22.5. The molecule has 160 valence electrons. The van der Waals surface area contributed by atoms with E-state index in [1.165, 1.54) is 12.1 Å². The molecule has 0 saturated carbocycles. The third-order valence-electron chi connectivity index (χ3n) is 5.19. The zero-order valence-electron chi connectivity index (χ0n) is 17.4. The third-order valence-corrected chi connectivity index (χ3v) is 5.19. The molecule has 2 unspecified atom stereocenters. The number of hydrogen-bond acceptors (Lipinski definition) is 3. The maximum Gasteiger partial charge on any atom is 0.194 e. The smallest absolute Gasteiger partial charge is 0.194 e. The second kappa shape index (κ2) is 9.74. The minimum atomic E-state index is -0.241. The predicted molar refractivity (Wildman–Crippen MR) is 127 cm³/mol. The number of imidazole rings is 1. The Kier molecular flexibility index (Phi) is 7.30. The Morgan fingerprint density at radius 1 is 1.23 bits per heavy atom. The van der Waals surface area contributed by atoms with Crippen LogP contribution in [0, 0.1) is 12.7 Å². The van der Waals surface area contributed by atoms with Gasteiger partial charge in [-0.05, 0) is 43.7 Å². The molecule has 1 fully saturated rings. The third kappa shape index (κ3) is 4.92. The van der Waals surface area contributed by atoms with E-state index in [1.54, 1.807) is 19.2 Å². The van der Waals surface area contributed by atoms with Crippen LogP contribution in [0.4, 0.5) is 4.39 Å². The van der Waals surface area contributed by atoms with Crippen LogP contribution in [0.1, 0.15) is 30.0 Å². The molecule has 2 atom stereocenters. The average Bonchev–Trinajstić information content (AvgIpc) is 3.13. The van der Waals surface area contributed by atoms with Crippen LogP contribution in [-0.2, 0) is 11.3 Å². The number of nitrogens with zero attached hydrogens (tertiary/aromatic N) is 4. The van der Waals surface area contributed by atoms with Gasteiger partial charge < -0.3 is 19.4 Å². The number of guanidine groups is 1. The molecular formula is C22H27FIN5O. The lowest BCUT2D eigenvalue weighted by Crippen LogP contribution is -2.50. The first-order chi connectivity index (χ1) is 14.0. The monoisotopic (exact) mass is 523 g/mol. The molecule has 1 aliphatic rings. The van der Waals surface area contributed by atoms with E-state index < -0.39 is 0 Å². The molecule has 1 saturated heterocycles. The number of aryl methyl sites for hydroxylation is 1. The van der Waals surface area contributed by atoms with E-state index in [2.05, 4.69) is 37.6 Å². The van der Waals surface area contributed by atoms with E-state index in [0.29, 0.717) is 13.1 Å². The van der Waals surface area contributed by atoms with Crippen molar-refractivity contribution in [3.63, 3.8) is 0 Å². The highest BCUT2D eigenvalue weighted by Crippen LogP contribution is 2.25. The topological polar surface area (TPSA) is 54.2 Å². The SMILES string of the molecule is CN=C(NCc1cn2c(C)cccc2n1)N1CC(C)OC(c2ccc(F)cc2)C1.I. The van der Waals surface area contributed by atoms with Gasteiger partial charge in [0.2, 0.25) is 0 Å². The normalized spacial score (nSPS) is 19.6. The maximum absolute atomic E-state index is 13.3. The first-order valence-electron chi connectivity index (χ1n) is 9.83. The highest BCUT2D eigenvalue weighted by molar-refractivity contribution is 14.0. The fourth-order valence-electron chi connectivity index (χ4n) is 3.77. The number of ether oxygens (including phenoxy) is 1. The molecule has 3 heterocycles. The van der Waals surface area contributed by atoms with Crippen LogP contribution < -0.4 is 5.32 Å². The van der Waals surface area contributed by atoms with Gasteiger partial charge in [0.15, 0.2) is 5.96 Å². The molecule has 4 rings (SSSR count). The van der Waals surface area contributed by atoms with Crippen molar-refractivity contribution in [1.29, 1.82) is 0 Å². The maximum atomic E-state index is 13.3. The number of halogens is 2. The Morgan fingerprint density at radius 2 is 2.00 bits per heavy atom. The van der Waals surface area contributed by atoms with Crippen molar-refractivity contribution >= 4 is 35.6 Å². The summed E-state index contributed by atoms with van der Waals surface area (Å²) in [5.41, 5.74) is 4.01. The Balaban J connectivity index is 0.00000256. The van der Waals surface area contributed by atoms with E-state index in [9.17, 15) is 4.39 Å². The summed E-state index contributed by atoms with van der Waals surface area (Å²) in [6.07, 6.45) is 1.96. The first-order valence-corrected chi connectivity index (χ1v) is 9.83. The van der Waals surface area contributed by atoms with Gasteiger partial charge in [-0.15, -0.1) is 24.0 Å². The van der Waals surface area contributed by atoms with Crippen LogP contribution in [0.25, 0.3) is 5.65 Å². The number of rotatable bonds is 3. The Hall–Kier alpha value is -2.20. The zero-order chi connectivity index (χ0) is 20.4. The molecule has 0 aliphatic carbocycles. The van der Waals surface area contributed by atoms with E-state index in [0.717, 1.165) is 35.1 Å². The van der Waals surface area contributed by atoms with Crippen LogP contribution in [-0.4, -0.2) is 46.5 Å².